The highest BCUT2D eigenvalue weighted by Gasteiger charge is 2.67. The van der Waals surface area contributed by atoms with Crippen LogP contribution in [0.5, 0.6) is 0 Å². The number of rotatable bonds is 1. The summed E-state index contributed by atoms with van der Waals surface area (Å²) in [6, 6.07) is 0. The number of hydrogen-bond acceptors (Lipinski definition) is 3. The van der Waals surface area contributed by atoms with Crippen molar-refractivity contribution in [2.45, 2.75) is 92.3 Å². The molecule has 1 saturated heterocycles. The summed E-state index contributed by atoms with van der Waals surface area (Å²) in [6.07, 6.45) is 12.2. The number of carbonyl (C=O) groups excluding carboxylic acids is 1. The van der Waals surface area contributed by atoms with E-state index in [0.717, 1.165) is 23.8 Å². The van der Waals surface area contributed by atoms with Crippen LogP contribution in [-0.2, 0) is 14.3 Å². The zero-order valence-corrected chi connectivity index (χ0v) is 19.3. The monoisotopic (exact) mass is 400 g/mol. The molecule has 0 aromatic rings. The fourth-order valence-corrected chi connectivity index (χ4v) is 9.88. The maximum Gasteiger partial charge on any atom is 0.336 e. The van der Waals surface area contributed by atoms with Gasteiger partial charge in [-0.05, 0) is 84.4 Å². The molecule has 0 amide bonds. The van der Waals surface area contributed by atoms with Crippen molar-refractivity contribution >= 4 is 5.97 Å². The van der Waals surface area contributed by atoms with E-state index in [2.05, 4.69) is 40.7 Å². The van der Waals surface area contributed by atoms with E-state index < -0.39 is 6.29 Å². The van der Waals surface area contributed by atoms with Gasteiger partial charge in [-0.2, -0.15) is 0 Å². The molecule has 3 heteroatoms. The Morgan fingerprint density at radius 1 is 0.897 bits per heavy atom. The van der Waals surface area contributed by atoms with Crippen LogP contribution < -0.4 is 0 Å². The Labute approximate surface area is 177 Å². The molecule has 29 heavy (non-hydrogen) atoms. The summed E-state index contributed by atoms with van der Waals surface area (Å²) in [7, 11) is 1.69. The van der Waals surface area contributed by atoms with Gasteiger partial charge in [0.15, 0.2) is 0 Å². The van der Waals surface area contributed by atoms with Gasteiger partial charge < -0.3 is 9.47 Å². The van der Waals surface area contributed by atoms with Gasteiger partial charge in [0.2, 0.25) is 6.29 Å². The van der Waals surface area contributed by atoms with Crippen molar-refractivity contribution in [3.8, 4) is 0 Å². The largest absolute Gasteiger partial charge is 0.432 e. The molecule has 162 valence electrons. The number of ether oxygens (including phenoxy) is 2. The highest BCUT2D eigenvalue weighted by atomic mass is 16.7. The van der Waals surface area contributed by atoms with Crippen LogP contribution in [0.15, 0.2) is 11.6 Å². The van der Waals surface area contributed by atoms with Crippen LogP contribution in [0.2, 0.25) is 0 Å². The van der Waals surface area contributed by atoms with E-state index in [-0.39, 0.29) is 17.3 Å². The second-order valence-electron chi connectivity index (χ2n) is 12.5. The fourth-order valence-electron chi connectivity index (χ4n) is 9.88. The fraction of sp³-hybridized carbons (Fsp3) is 0.885. The van der Waals surface area contributed by atoms with Gasteiger partial charge in [-0.3, -0.25) is 0 Å². The van der Waals surface area contributed by atoms with Crippen LogP contribution in [0.3, 0.4) is 0 Å². The highest BCUT2D eigenvalue weighted by molar-refractivity contribution is 5.91. The van der Waals surface area contributed by atoms with Gasteiger partial charge in [-0.1, -0.05) is 47.1 Å². The second-order valence-corrected chi connectivity index (χ2v) is 12.5. The number of methoxy groups -OCH3 is 1. The van der Waals surface area contributed by atoms with Crippen molar-refractivity contribution in [3.05, 3.63) is 11.6 Å². The SMILES string of the molecule is COC1OC(=O)C2=CC[C@H]3[C@]4(C)CC[C@H]5C(C)(C)CCC[C@]5(C)[C@H]4CC[C@]3(C)[C@H]21. The Bertz CT molecular complexity index is 753. The summed E-state index contributed by atoms with van der Waals surface area (Å²) in [5, 5.41) is 0. The first-order chi connectivity index (χ1) is 13.6. The Hall–Kier alpha value is -0.830. The minimum atomic E-state index is -0.401. The Morgan fingerprint density at radius 2 is 1.55 bits per heavy atom. The lowest BCUT2D eigenvalue weighted by molar-refractivity contribution is -0.216. The average Bonchev–Trinajstić information content (AvgIpc) is 2.97. The third kappa shape index (κ3) is 2.43. The maximum atomic E-state index is 12.5. The molecule has 0 N–H and O–H groups in total. The Balaban J connectivity index is 1.55. The van der Waals surface area contributed by atoms with Crippen molar-refractivity contribution in [1.29, 1.82) is 0 Å². The molecule has 5 rings (SSSR count). The summed E-state index contributed by atoms with van der Waals surface area (Å²) in [5.41, 5.74) is 2.27. The summed E-state index contributed by atoms with van der Waals surface area (Å²) in [5.74, 6) is 2.21. The van der Waals surface area contributed by atoms with Crippen LogP contribution in [0.25, 0.3) is 0 Å². The number of fused-ring (bicyclic) bond motifs is 7. The van der Waals surface area contributed by atoms with Crippen LogP contribution in [0, 0.1) is 45.3 Å². The quantitative estimate of drug-likeness (QED) is 0.497. The van der Waals surface area contributed by atoms with E-state index in [1.807, 2.05) is 0 Å². The Morgan fingerprint density at radius 3 is 2.28 bits per heavy atom. The zero-order valence-electron chi connectivity index (χ0n) is 19.3. The van der Waals surface area contributed by atoms with Gasteiger partial charge in [-0.15, -0.1) is 0 Å². The lowest BCUT2D eigenvalue weighted by Gasteiger charge is -2.69. The van der Waals surface area contributed by atoms with Crippen LogP contribution in [-0.4, -0.2) is 19.4 Å². The lowest BCUT2D eigenvalue weighted by Crippen LogP contribution is -2.63. The van der Waals surface area contributed by atoms with Crippen molar-refractivity contribution in [3.63, 3.8) is 0 Å². The first-order valence-corrected chi connectivity index (χ1v) is 12.0. The molecule has 3 nitrogen and oxygen atoms in total. The van der Waals surface area contributed by atoms with E-state index in [4.69, 9.17) is 9.47 Å². The molecule has 0 aromatic heterocycles. The summed E-state index contributed by atoms with van der Waals surface area (Å²) in [6.45, 7) is 12.8. The van der Waals surface area contributed by atoms with Gasteiger partial charge in [0, 0.05) is 12.7 Å². The van der Waals surface area contributed by atoms with Crippen LogP contribution in [0.1, 0.15) is 86.0 Å². The molecule has 0 bridgehead atoms. The third-order valence-electron chi connectivity index (χ3n) is 11.0. The van der Waals surface area contributed by atoms with E-state index in [0.29, 0.717) is 22.2 Å². The summed E-state index contributed by atoms with van der Waals surface area (Å²) >= 11 is 0. The number of carbonyl (C=O) groups is 1. The number of esters is 1. The molecule has 4 aliphatic carbocycles. The van der Waals surface area contributed by atoms with E-state index >= 15 is 0 Å². The van der Waals surface area contributed by atoms with Gasteiger partial charge >= 0.3 is 5.97 Å². The normalized spacial score (nSPS) is 53.1. The van der Waals surface area contributed by atoms with E-state index in [9.17, 15) is 4.79 Å². The molecule has 1 heterocycles. The molecule has 8 atom stereocenters. The second kappa shape index (κ2) is 6.11. The van der Waals surface area contributed by atoms with Gasteiger partial charge in [0.1, 0.15) is 0 Å². The molecule has 0 radical (unpaired) electrons. The first-order valence-electron chi connectivity index (χ1n) is 12.0. The molecule has 1 aliphatic heterocycles. The molecule has 3 saturated carbocycles. The van der Waals surface area contributed by atoms with Gasteiger partial charge in [-0.25, -0.2) is 4.79 Å². The number of allylic oxidation sites excluding steroid dienone is 1. The van der Waals surface area contributed by atoms with Crippen LogP contribution in [0.4, 0.5) is 0 Å². The van der Waals surface area contributed by atoms with E-state index in [1.165, 1.54) is 44.9 Å². The molecular weight excluding hydrogens is 360 g/mol. The summed E-state index contributed by atoms with van der Waals surface area (Å²) in [4.78, 5) is 12.5. The lowest BCUT2D eigenvalue weighted by atomic mass is 9.35. The molecule has 5 aliphatic rings. The molecule has 1 unspecified atom stereocenters. The predicted molar refractivity (Wildman–Crippen MR) is 114 cm³/mol. The third-order valence-corrected chi connectivity index (χ3v) is 11.0. The molecule has 0 spiro atoms. The van der Waals surface area contributed by atoms with Crippen molar-refractivity contribution in [2.75, 3.05) is 7.11 Å². The van der Waals surface area contributed by atoms with Crippen molar-refractivity contribution < 1.29 is 14.3 Å². The highest BCUT2D eigenvalue weighted by Crippen LogP contribution is 2.73. The smallest absolute Gasteiger partial charge is 0.336 e. The van der Waals surface area contributed by atoms with Crippen molar-refractivity contribution in [1.82, 2.24) is 0 Å². The minimum absolute atomic E-state index is 0.0928. The molecule has 0 aromatic carbocycles. The Kier molecular flexibility index (Phi) is 4.24. The van der Waals surface area contributed by atoms with Crippen LogP contribution >= 0.6 is 0 Å². The van der Waals surface area contributed by atoms with Crippen molar-refractivity contribution in [2.24, 2.45) is 45.3 Å². The topological polar surface area (TPSA) is 35.5 Å². The molecule has 4 fully saturated rings. The van der Waals surface area contributed by atoms with Gasteiger partial charge in [0.25, 0.3) is 0 Å². The standard InChI is InChI=1S/C26H40O3/c1-23(2)12-7-13-24(3)17(23)10-14-25(4)18-9-8-16-20(22(28-6)29-21(16)27)26(18,5)15-11-19(24)25/h8,17-20,22H,7,9-15H2,1-6H3/t17-,18-,19+,20+,22?,24-,25-,26-/m0/s1. The molecular formula is C26H40O3. The number of cyclic esters (lactones) is 1. The first kappa shape index (κ1) is 20.1. The summed E-state index contributed by atoms with van der Waals surface area (Å²) < 4.78 is 11.3. The number of hydrogen-bond donors (Lipinski definition) is 0. The van der Waals surface area contributed by atoms with Gasteiger partial charge in [0.05, 0.1) is 5.92 Å². The predicted octanol–water partition coefficient (Wildman–Crippen LogP) is 6.13. The van der Waals surface area contributed by atoms with E-state index in [1.54, 1.807) is 7.11 Å². The minimum Gasteiger partial charge on any atom is -0.432 e. The zero-order chi connectivity index (χ0) is 20.8. The average molecular weight is 401 g/mol. The maximum absolute atomic E-state index is 12.5.